The molecule has 4 atom stereocenters. The Morgan fingerprint density at radius 1 is 1.07 bits per heavy atom. The molecule has 6 heteroatoms. The third-order valence-corrected chi connectivity index (χ3v) is 8.64. The molecule has 1 heterocycles. The number of carbonyl (C=O) groups is 1. The van der Waals surface area contributed by atoms with Crippen molar-refractivity contribution in [1.82, 2.24) is 0 Å². The molecule has 0 bridgehead atoms. The van der Waals surface area contributed by atoms with E-state index in [0.717, 1.165) is 36.2 Å². The first-order chi connectivity index (χ1) is 14.3. The molecule has 2 aromatic carbocycles. The van der Waals surface area contributed by atoms with E-state index in [1.165, 1.54) is 0 Å². The van der Waals surface area contributed by atoms with Crippen LogP contribution in [0.5, 0.6) is 0 Å². The maximum absolute atomic E-state index is 14.9. The summed E-state index contributed by atoms with van der Waals surface area (Å²) in [7, 11) is -2.89. The molecule has 2 aromatic rings. The van der Waals surface area contributed by atoms with Crippen molar-refractivity contribution in [3.05, 3.63) is 60.2 Å². The molecular weight excluding hydrogens is 397 g/mol. The van der Waals surface area contributed by atoms with Gasteiger partial charge in [-0.25, -0.2) is 0 Å². The van der Waals surface area contributed by atoms with Gasteiger partial charge in [-0.2, -0.15) is 0 Å². The number of hydrogen-bond acceptors (Lipinski definition) is 3. The lowest BCUT2D eigenvalue weighted by Crippen LogP contribution is -2.36. The van der Waals surface area contributed by atoms with Crippen LogP contribution in [0.15, 0.2) is 54.6 Å². The highest BCUT2D eigenvalue weighted by atomic mass is 28.4. The van der Waals surface area contributed by atoms with Crippen molar-refractivity contribution in [3.8, 4) is 0 Å². The standard InChI is InChI=1S/C24H32FNO3Si/c1-18-22(29-23(14-15-27)24(18)30(2,3)25)13-12-19-8-7-11-21(16-19)26(17-28)20-9-5-4-6-10-20/h4-11,16-18,22-24,27H,12-15H2,1-3H3/t18-,22+,23-,24+/m0/s1. The first-order valence-corrected chi connectivity index (χ1v) is 13.6. The normalized spacial score (nSPS) is 24.0. The van der Waals surface area contributed by atoms with Gasteiger partial charge in [0.2, 0.25) is 14.8 Å². The third-order valence-electron chi connectivity index (χ3n) is 6.16. The fraction of sp³-hybridized carbons (Fsp3) is 0.458. The summed E-state index contributed by atoms with van der Waals surface area (Å²) in [5.74, 6) is 0.132. The van der Waals surface area contributed by atoms with E-state index in [1.54, 1.807) is 18.0 Å². The lowest BCUT2D eigenvalue weighted by molar-refractivity contribution is -0.106. The van der Waals surface area contributed by atoms with E-state index in [-0.39, 0.29) is 30.3 Å². The van der Waals surface area contributed by atoms with E-state index < -0.39 is 8.41 Å². The van der Waals surface area contributed by atoms with Gasteiger partial charge in [-0.3, -0.25) is 9.69 Å². The Morgan fingerprint density at radius 3 is 2.40 bits per heavy atom. The van der Waals surface area contributed by atoms with E-state index in [2.05, 4.69) is 6.92 Å². The number of nitrogens with zero attached hydrogens (tertiary/aromatic N) is 1. The second-order valence-corrected chi connectivity index (χ2v) is 12.5. The lowest BCUT2D eigenvalue weighted by atomic mass is 9.95. The average molecular weight is 430 g/mol. The number of ether oxygens (including phenoxy) is 1. The Bertz CT molecular complexity index is 827. The van der Waals surface area contributed by atoms with Gasteiger partial charge in [0, 0.05) is 23.5 Å². The molecule has 3 rings (SSSR count). The highest BCUT2D eigenvalue weighted by Gasteiger charge is 2.50. The largest absolute Gasteiger partial charge is 0.396 e. The maximum Gasteiger partial charge on any atom is 0.246 e. The van der Waals surface area contributed by atoms with Crippen LogP contribution in [-0.2, 0) is 16.0 Å². The number of halogens is 1. The number of aliphatic hydroxyl groups excluding tert-OH is 1. The van der Waals surface area contributed by atoms with Crippen LogP contribution in [0, 0.1) is 5.92 Å². The molecule has 0 spiro atoms. The van der Waals surface area contributed by atoms with Gasteiger partial charge in [0.05, 0.1) is 12.2 Å². The first kappa shape index (κ1) is 22.7. The molecule has 1 N–H and O–H groups in total. The molecule has 1 amide bonds. The molecule has 30 heavy (non-hydrogen) atoms. The van der Waals surface area contributed by atoms with Gasteiger partial charge in [-0.1, -0.05) is 37.3 Å². The molecule has 0 aliphatic carbocycles. The molecule has 0 saturated carbocycles. The fourth-order valence-electron chi connectivity index (χ4n) is 4.81. The van der Waals surface area contributed by atoms with Crippen molar-refractivity contribution in [1.29, 1.82) is 0 Å². The van der Waals surface area contributed by atoms with Crippen LogP contribution < -0.4 is 4.90 Å². The van der Waals surface area contributed by atoms with Crippen molar-refractivity contribution in [3.63, 3.8) is 0 Å². The molecule has 1 aliphatic heterocycles. The van der Waals surface area contributed by atoms with Crippen molar-refractivity contribution in [2.75, 3.05) is 11.5 Å². The lowest BCUT2D eigenvalue weighted by Gasteiger charge is -2.28. The number of carbonyl (C=O) groups excluding carboxylic acids is 1. The molecule has 1 fully saturated rings. The van der Waals surface area contributed by atoms with E-state index in [0.29, 0.717) is 6.42 Å². The van der Waals surface area contributed by atoms with Gasteiger partial charge >= 0.3 is 0 Å². The second-order valence-electron chi connectivity index (χ2n) is 8.69. The monoisotopic (exact) mass is 429 g/mol. The number of benzene rings is 2. The van der Waals surface area contributed by atoms with E-state index in [4.69, 9.17) is 4.74 Å². The zero-order valence-electron chi connectivity index (χ0n) is 18.0. The van der Waals surface area contributed by atoms with Gasteiger partial charge in [-0.15, -0.1) is 0 Å². The van der Waals surface area contributed by atoms with Gasteiger partial charge in [0.25, 0.3) is 0 Å². The predicted octanol–water partition coefficient (Wildman–Crippen LogP) is 5.24. The zero-order chi connectivity index (χ0) is 21.7. The number of aliphatic hydroxyl groups is 1. The smallest absolute Gasteiger partial charge is 0.246 e. The van der Waals surface area contributed by atoms with Crippen LogP contribution in [0.25, 0.3) is 0 Å². The molecule has 1 saturated heterocycles. The number of aryl methyl sites for hydroxylation is 1. The van der Waals surface area contributed by atoms with Crippen LogP contribution in [0.4, 0.5) is 15.5 Å². The van der Waals surface area contributed by atoms with Gasteiger partial charge in [0.1, 0.15) is 0 Å². The third kappa shape index (κ3) is 5.17. The summed E-state index contributed by atoms with van der Waals surface area (Å²) in [6, 6.07) is 17.5. The Morgan fingerprint density at radius 2 is 1.77 bits per heavy atom. The van der Waals surface area contributed by atoms with Crippen molar-refractivity contribution >= 4 is 26.2 Å². The van der Waals surface area contributed by atoms with Crippen LogP contribution in [0.2, 0.25) is 18.6 Å². The van der Waals surface area contributed by atoms with Crippen molar-refractivity contribution in [2.45, 2.75) is 57.0 Å². The summed E-state index contributed by atoms with van der Waals surface area (Å²) in [6.07, 6.45) is 2.68. The summed E-state index contributed by atoms with van der Waals surface area (Å²) in [5.41, 5.74) is 2.67. The van der Waals surface area contributed by atoms with Gasteiger partial charge < -0.3 is 14.0 Å². The quantitative estimate of drug-likeness (QED) is 0.337. The summed E-state index contributed by atoms with van der Waals surface area (Å²) in [5, 5.41) is 9.37. The minimum absolute atomic E-state index is 0.0194. The number of hydrogen-bond donors (Lipinski definition) is 1. The molecule has 4 nitrogen and oxygen atoms in total. The predicted molar refractivity (Wildman–Crippen MR) is 121 cm³/mol. The van der Waals surface area contributed by atoms with E-state index in [1.807, 2.05) is 54.6 Å². The van der Waals surface area contributed by atoms with Crippen LogP contribution in [0.3, 0.4) is 0 Å². The Balaban J connectivity index is 1.70. The molecule has 0 unspecified atom stereocenters. The minimum Gasteiger partial charge on any atom is -0.396 e. The van der Waals surface area contributed by atoms with E-state index >= 15 is 0 Å². The molecule has 162 valence electrons. The fourth-order valence-corrected chi connectivity index (χ4v) is 7.40. The Labute approximate surface area is 179 Å². The van der Waals surface area contributed by atoms with Crippen molar-refractivity contribution < 1.29 is 18.7 Å². The summed E-state index contributed by atoms with van der Waals surface area (Å²) < 4.78 is 21.1. The van der Waals surface area contributed by atoms with Gasteiger partial charge in [0.15, 0.2) is 0 Å². The SMILES string of the molecule is C[C@@H]1[C@@H]([Si](C)(C)F)[C@H](CCO)O[C@@H]1CCc1cccc(N(C=O)c2ccccc2)c1. The van der Waals surface area contributed by atoms with Crippen molar-refractivity contribution in [2.24, 2.45) is 5.92 Å². The number of amides is 1. The summed E-state index contributed by atoms with van der Waals surface area (Å²) in [6.45, 7) is 5.59. The molecule has 0 radical (unpaired) electrons. The Hall–Kier alpha value is -2.02. The molecular formula is C24H32FNO3Si. The highest BCUT2D eigenvalue weighted by Crippen LogP contribution is 2.46. The molecule has 0 aromatic heterocycles. The number of rotatable bonds is 9. The van der Waals surface area contributed by atoms with Crippen LogP contribution in [0.1, 0.15) is 25.3 Å². The highest BCUT2D eigenvalue weighted by molar-refractivity contribution is 6.72. The molecule has 1 aliphatic rings. The maximum atomic E-state index is 14.9. The minimum atomic E-state index is -2.89. The summed E-state index contributed by atoms with van der Waals surface area (Å²) in [4.78, 5) is 13.3. The second kappa shape index (κ2) is 9.86. The van der Waals surface area contributed by atoms with Gasteiger partial charge in [-0.05, 0) is 68.1 Å². The first-order valence-electron chi connectivity index (χ1n) is 10.7. The number of anilines is 2. The van der Waals surface area contributed by atoms with Crippen LogP contribution in [-0.4, -0.2) is 38.7 Å². The van der Waals surface area contributed by atoms with E-state index in [9.17, 15) is 14.0 Å². The zero-order valence-corrected chi connectivity index (χ0v) is 19.0. The summed E-state index contributed by atoms with van der Waals surface area (Å²) >= 11 is 0. The number of para-hydroxylation sites is 1. The topological polar surface area (TPSA) is 49.8 Å². The Kier molecular flexibility index (Phi) is 7.44. The van der Waals surface area contributed by atoms with Crippen LogP contribution >= 0.6 is 0 Å². The average Bonchev–Trinajstić information content (AvgIpc) is 3.04.